The van der Waals surface area contributed by atoms with Gasteiger partial charge in [-0.25, -0.2) is 4.98 Å². The molecule has 1 atom stereocenters. The molecule has 1 saturated heterocycles. The smallest absolute Gasteiger partial charge is 0.220 e. The van der Waals surface area contributed by atoms with Crippen molar-refractivity contribution in [3.63, 3.8) is 0 Å². The van der Waals surface area contributed by atoms with Gasteiger partial charge < -0.3 is 9.47 Å². The summed E-state index contributed by atoms with van der Waals surface area (Å²) in [5.41, 5.74) is 1.20. The fraction of sp³-hybridized carbons (Fsp3) is 0.474. The fourth-order valence-corrected chi connectivity index (χ4v) is 3.46. The van der Waals surface area contributed by atoms with Crippen LogP contribution in [0.5, 0.6) is 0 Å². The van der Waals surface area contributed by atoms with E-state index in [2.05, 4.69) is 40.4 Å². The summed E-state index contributed by atoms with van der Waals surface area (Å²) in [6.45, 7) is 9.31. The Morgan fingerprint density at radius 1 is 1.25 bits per heavy atom. The number of imidazole rings is 1. The summed E-state index contributed by atoms with van der Waals surface area (Å²) >= 11 is 0. The van der Waals surface area contributed by atoms with Crippen LogP contribution in [0.25, 0.3) is 0 Å². The number of hydrogen-bond donors (Lipinski definition) is 0. The number of rotatable bonds is 4. The van der Waals surface area contributed by atoms with Gasteiger partial charge in [0.1, 0.15) is 5.82 Å². The van der Waals surface area contributed by atoms with Crippen LogP contribution in [0.15, 0.2) is 42.7 Å². The molecule has 0 saturated carbocycles. The van der Waals surface area contributed by atoms with Crippen LogP contribution >= 0.6 is 0 Å². The molecule has 1 unspecified atom stereocenters. The van der Waals surface area contributed by atoms with Crippen molar-refractivity contribution in [2.45, 2.75) is 39.4 Å². The molecule has 1 aromatic heterocycles. The molecule has 2 aromatic rings. The number of carbonyl (C=O) groups is 1. The van der Waals surface area contributed by atoms with E-state index in [0.717, 1.165) is 32.0 Å². The lowest BCUT2D eigenvalue weighted by atomic mass is 10.0. The van der Waals surface area contributed by atoms with Crippen LogP contribution in [0, 0.1) is 0 Å². The molecule has 1 aliphatic heterocycles. The number of carbonyl (C=O) groups excluding carboxylic acids is 1. The zero-order valence-corrected chi connectivity index (χ0v) is 14.7. The molecule has 1 aliphatic rings. The lowest BCUT2D eigenvalue weighted by molar-refractivity contribution is -0.134. The van der Waals surface area contributed by atoms with Crippen molar-refractivity contribution in [2.75, 3.05) is 19.6 Å². The van der Waals surface area contributed by atoms with Crippen LogP contribution in [-0.2, 0) is 11.3 Å². The van der Waals surface area contributed by atoms with Gasteiger partial charge in [-0.15, -0.1) is 0 Å². The van der Waals surface area contributed by atoms with Gasteiger partial charge in [-0.3, -0.25) is 9.69 Å². The second kappa shape index (κ2) is 7.18. The molecule has 2 heterocycles. The van der Waals surface area contributed by atoms with Crippen molar-refractivity contribution in [1.82, 2.24) is 19.4 Å². The van der Waals surface area contributed by atoms with Gasteiger partial charge in [0.05, 0.1) is 12.6 Å². The van der Waals surface area contributed by atoms with E-state index < -0.39 is 0 Å². The van der Waals surface area contributed by atoms with Crippen LogP contribution in [0.3, 0.4) is 0 Å². The third-order valence-electron chi connectivity index (χ3n) is 4.72. The largest absolute Gasteiger partial charge is 0.333 e. The average Bonchev–Trinajstić information content (AvgIpc) is 3.04. The number of hydrogen-bond acceptors (Lipinski definition) is 3. The number of aromatic nitrogens is 2. The molecule has 1 amide bonds. The maximum Gasteiger partial charge on any atom is 0.220 e. The van der Waals surface area contributed by atoms with Gasteiger partial charge in [-0.1, -0.05) is 30.3 Å². The maximum atomic E-state index is 12.0. The minimum atomic E-state index is 0.111. The maximum absolute atomic E-state index is 12.0. The molecule has 0 spiro atoms. The van der Waals surface area contributed by atoms with Gasteiger partial charge >= 0.3 is 0 Å². The Labute approximate surface area is 143 Å². The van der Waals surface area contributed by atoms with E-state index in [4.69, 9.17) is 0 Å². The zero-order valence-electron chi connectivity index (χ0n) is 14.7. The van der Waals surface area contributed by atoms with E-state index in [1.807, 2.05) is 35.5 Å². The van der Waals surface area contributed by atoms with Crippen LogP contribution in [-0.4, -0.2) is 44.9 Å². The molecular formula is C19H26N4O. The molecule has 128 valence electrons. The normalized spacial score (nSPS) is 19.0. The quantitative estimate of drug-likeness (QED) is 0.867. The highest BCUT2D eigenvalue weighted by Gasteiger charge is 2.30. The molecule has 3 rings (SSSR count). The Bertz CT molecular complexity index is 680. The minimum absolute atomic E-state index is 0.111. The van der Waals surface area contributed by atoms with E-state index in [-0.39, 0.29) is 11.9 Å². The van der Waals surface area contributed by atoms with Crippen LogP contribution < -0.4 is 0 Å². The van der Waals surface area contributed by atoms with E-state index in [1.54, 1.807) is 6.92 Å². The summed E-state index contributed by atoms with van der Waals surface area (Å²) in [6, 6.07) is 10.8. The van der Waals surface area contributed by atoms with E-state index >= 15 is 0 Å². The highest BCUT2D eigenvalue weighted by molar-refractivity contribution is 5.74. The second-order valence-corrected chi connectivity index (χ2v) is 6.72. The van der Waals surface area contributed by atoms with Crippen molar-refractivity contribution in [3.8, 4) is 0 Å². The minimum Gasteiger partial charge on any atom is -0.333 e. The number of piperazine rings is 1. The van der Waals surface area contributed by atoms with E-state index in [0.29, 0.717) is 6.04 Å². The summed E-state index contributed by atoms with van der Waals surface area (Å²) in [7, 11) is 0. The van der Waals surface area contributed by atoms with Gasteiger partial charge in [0.15, 0.2) is 0 Å². The summed E-state index contributed by atoms with van der Waals surface area (Å²) in [5, 5.41) is 0. The van der Waals surface area contributed by atoms with Crippen molar-refractivity contribution in [1.29, 1.82) is 0 Å². The first-order valence-electron chi connectivity index (χ1n) is 8.62. The molecule has 5 nitrogen and oxygen atoms in total. The van der Waals surface area contributed by atoms with Crippen molar-refractivity contribution in [2.24, 2.45) is 0 Å². The van der Waals surface area contributed by atoms with E-state index in [1.165, 1.54) is 5.56 Å². The monoisotopic (exact) mass is 326 g/mol. The fourth-order valence-electron chi connectivity index (χ4n) is 3.46. The van der Waals surface area contributed by atoms with Crippen LogP contribution in [0.1, 0.15) is 44.2 Å². The average molecular weight is 326 g/mol. The third-order valence-corrected chi connectivity index (χ3v) is 4.72. The number of amides is 1. The van der Waals surface area contributed by atoms with Crippen molar-refractivity contribution < 1.29 is 4.79 Å². The standard InChI is InChI=1S/C19H26N4O/c1-15(2)22-10-9-20-19(22)14-21-11-12-23(16(3)24)18(13-21)17-7-5-4-6-8-17/h4-10,15,18H,11-14H2,1-3H3. The number of nitrogens with zero attached hydrogens (tertiary/aromatic N) is 4. The number of benzene rings is 1. The first kappa shape index (κ1) is 16.7. The first-order chi connectivity index (χ1) is 11.6. The van der Waals surface area contributed by atoms with Crippen molar-refractivity contribution in [3.05, 3.63) is 54.1 Å². The Kier molecular flexibility index (Phi) is 5.00. The third kappa shape index (κ3) is 3.51. The molecule has 0 bridgehead atoms. The lowest BCUT2D eigenvalue weighted by Gasteiger charge is -2.41. The van der Waals surface area contributed by atoms with Gasteiger partial charge in [-0.2, -0.15) is 0 Å². The molecule has 1 aromatic carbocycles. The Morgan fingerprint density at radius 2 is 2.00 bits per heavy atom. The topological polar surface area (TPSA) is 41.4 Å². The van der Waals surface area contributed by atoms with Crippen LogP contribution in [0.4, 0.5) is 0 Å². The first-order valence-corrected chi connectivity index (χ1v) is 8.62. The molecule has 0 N–H and O–H groups in total. The van der Waals surface area contributed by atoms with E-state index in [9.17, 15) is 4.79 Å². The van der Waals surface area contributed by atoms with Gasteiger partial charge in [0, 0.05) is 45.0 Å². The highest BCUT2D eigenvalue weighted by Crippen LogP contribution is 2.26. The summed E-state index contributed by atoms with van der Waals surface area (Å²) < 4.78 is 2.22. The van der Waals surface area contributed by atoms with Crippen molar-refractivity contribution >= 4 is 5.91 Å². The van der Waals surface area contributed by atoms with Gasteiger partial charge in [0.25, 0.3) is 0 Å². The summed E-state index contributed by atoms with van der Waals surface area (Å²) in [4.78, 5) is 21.0. The Hall–Kier alpha value is -2.14. The molecule has 24 heavy (non-hydrogen) atoms. The second-order valence-electron chi connectivity index (χ2n) is 6.72. The summed E-state index contributed by atoms with van der Waals surface area (Å²) in [6.07, 6.45) is 3.91. The zero-order chi connectivity index (χ0) is 17.1. The lowest BCUT2D eigenvalue weighted by Crippen LogP contribution is -2.49. The highest BCUT2D eigenvalue weighted by atomic mass is 16.2. The molecule has 1 fully saturated rings. The predicted molar refractivity (Wildman–Crippen MR) is 94.5 cm³/mol. The predicted octanol–water partition coefficient (Wildman–Crippen LogP) is 2.87. The molecule has 5 heteroatoms. The van der Waals surface area contributed by atoms with Crippen LogP contribution in [0.2, 0.25) is 0 Å². The molecule has 0 aliphatic carbocycles. The molecule has 0 radical (unpaired) electrons. The SMILES string of the molecule is CC(=O)N1CCN(Cc2nccn2C(C)C)CC1c1ccccc1. The molecular weight excluding hydrogens is 300 g/mol. The van der Waals surface area contributed by atoms with Gasteiger partial charge in [-0.05, 0) is 19.4 Å². The van der Waals surface area contributed by atoms with Gasteiger partial charge in [0.2, 0.25) is 5.91 Å². The Balaban J connectivity index is 1.78. The Morgan fingerprint density at radius 3 is 2.67 bits per heavy atom. The summed E-state index contributed by atoms with van der Waals surface area (Å²) in [5.74, 6) is 1.24.